The van der Waals surface area contributed by atoms with Gasteiger partial charge in [0, 0.05) is 29.6 Å². The zero-order chi connectivity index (χ0) is 19.8. The molecule has 0 spiro atoms. The predicted octanol–water partition coefficient (Wildman–Crippen LogP) is 2.97. The molecule has 7 nitrogen and oxygen atoms in total. The second-order valence-corrected chi connectivity index (χ2v) is 5.38. The van der Waals surface area contributed by atoms with Crippen molar-refractivity contribution in [2.75, 3.05) is 35.0 Å². The van der Waals surface area contributed by atoms with Crippen molar-refractivity contribution in [2.45, 2.75) is 0 Å². The molecule has 0 fully saturated rings. The van der Waals surface area contributed by atoms with E-state index in [2.05, 4.69) is 0 Å². The van der Waals surface area contributed by atoms with Crippen molar-refractivity contribution in [3.63, 3.8) is 0 Å². The van der Waals surface area contributed by atoms with Crippen LogP contribution in [-0.4, -0.2) is 75.7 Å². The molecule has 28 heavy (non-hydrogen) atoms. The molecule has 0 aliphatic carbocycles. The van der Waals surface area contributed by atoms with Gasteiger partial charge in [0.15, 0.2) is 29.6 Å². The summed E-state index contributed by atoms with van der Waals surface area (Å²) in [6, 6.07) is 8.90. The molecule has 1 radical (unpaired) electrons. The molecular formula is C20H22NaO7. The smallest absolute Gasteiger partial charge is 0.341 e. The van der Waals surface area contributed by atoms with Gasteiger partial charge in [-0.05, 0) is 35.4 Å². The van der Waals surface area contributed by atoms with Crippen LogP contribution >= 0.6 is 0 Å². The molecule has 2 rings (SSSR count). The van der Waals surface area contributed by atoms with Crippen LogP contribution in [0.2, 0.25) is 0 Å². The predicted molar refractivity (Wildman–Crippen MR) is 107 cm³/mol. The van der Waals surface area contributed by atoms with Crippen molar-refractivity contribution in [1.82, 2.24) is 0 Å². The largest absolute Gasteiger partial charge is 0.493 e. The van der Waals surface area contributed by atoms with Gasteiger partial charge in [0.25, 0.3) is 0 Å². The molecule has 2 aromatic rings. The minimum absolute atomic E-state index is 0. The fourth-order valence-corrected chi connectivity index (χ4v) is 2.44. The fraction of sp³-hybridized carbons (Fsp3) is 0.250. The Balaban J connectivity index is 0.00000392. The molecule has 8 heteroatoms. The number of carboxylic acid groups (broad SMARTS) is 1. The van der Waals surface area contributed by atoms with Crippen molar-refractivity contribution < 1.29 is 33.6 Å². The molecular weight excluding hydrogens is 375 g/mol. The Kier molecular flexibility index (Phi) is 9.72. The van der Waals surface area contributed by atoms with Gasteiger partial charge in [0.05, 0.1) is 28.4 Å². The van der Waals surface area contributed by atoms with Gasteiger partial charge in [0.1, 0.15) is 0 Å². The van der Waals surface area contributed by atoms with Crippen LogP contribution < -0.4 is 23.7 Å². The minimum atomic E-state index is -1.06. The maximum Gasteiger partial charge on any atom is 0.341 e. The van der Waals surface area contributed by atoms with Crippen LogP contribution in [0.1, 0.15) is 11.1 Å². The first kappa shape index (κ1) is 23.7. The van der Waals surface area contributed by atoms with Gasteiger partial charge in [-0.3, -0.25) is 0 Å². The molecule has 0 aliphatic heterocycles. The molecule has 0 aliphatic rings. The number of aliphatic carboxylic acids is 1. The van der Waals surface area contributed by atoms with E-state index >= 15 is 0 Å². The second-order valence-electron chi connectivity index (χ2n) is 5.38. The van der Waals surface area contributed by atoms with Gasteiger partial charge < -0.3 is 28.8 Å². The third-order valence-corrected chi connectivity index (χ3v) is 3.69. The number of methoxy groups -OCH3 is 4. The summed E-state index contributed by atoms with van der Waals surface area (Å²) >= 11 is 0. The summed E-state index contributed by atoms with van der Waals surface area (Å²) in [5.74, 6) is 1.38. The maximum absolute atomic E-state index is 10.7. The summed E-state index contributed by atoms with van der Waals surface area (Å²) in [6.07, 6.45) is 3.72. The first-order valence-corrected chi connectivity index (χ1v) is 8.03. The summed E-state index contributed by atoms with van der Waals surface area (Å²) in [4.78, 5) is 10.7. The molecule has 1 N–H and O–H groups in total. The fourth-order valence-electron chi connectivity index (χ4n) is 2.44. The minimum Gasteiger partial charge on any atom is -0.493 e. The molecule has 0 unspecified atom stereocenters. The van der Waals surface area contributed by atoms with Gasteiger partial charge in [-0.1, -0.05) is 18.2 Å². The molecule has 2 aromatic carbocycles. The number of ether oxygens (including phenoxy) is 5. The number of benzene rings is 2. The van der Waals surface area contributed by atoms with Gasteiger partial charge in [0.2, 0.25) is 5.75 Å². The zero-order valence-electron chi connectivity index (χ0n) is 16.6. The van der Waals surface area contributed by atoms with Crippen LogP contribution in [0, 0.1) is 0 Å². The summed E-state index contributed by atoms with van der Waals surface area (Å²) in [7, 11) is 6.15. The van der Waals surface area contributed by atoms with E-state index in [9.17, 15) is 4.79 Å². The molecule has 0 aromatic heterocycles. The van der Waals surface area contributed by atoms with E-state index in [0.717, 1.165) is 11.1 Å². The van der Waals surface area contributed by atoms with Crippen LogP contribution in [0.25, 0.3) is 12.2 Å². The van der Waals surface area contributed by atoms with Crippen molar-refractivity contribution in [1.29, 1.82) is 0 Å². The average molecular weight is 397 g/mol. The monoisotopic (exact) mass is 397 g/mol. The Bertz CT molecular complexity index is 808. The van der Waals surface area contributed by atoms with Gasteiger partial charge in [-0.2, -0.15) is 0 Å². The molecule has 0 heterocycles. The Morgan fingerprint density at radius 1 is 0.821 bits per heavy atom. The van der Waals surface area contributed by atoms with Crippen molar-refractivity contribution in [3.8, 4) is 28.7 Å². The zero-order valence-corrected chi connectivity index (χ0v) is 18.6. The van der Waals surface area contributed by atoms with E-state index < -0.39 is 12.6 Å². The van der Waals surface area contributed by atoms with Crippen LogP contribution in [0.4, 0.5) is 0 Å². The Morgan fingerprint density at radius 3 is 1.86 bits per heavy atom. The number of rotatable bonds is 9. The number of carbonyl (C=O) groups is 1. The van der Waals surface area contributed by atoms with Gasteiger partial charge in [-0.25, -0.2) is 4.79 Å². The van der Waals surface area contributed by atoms with E-state index in [0.29, 0.717) is 28.7 Å². The van der Waals surface area contributed by atoms with E-state index in [1.807, 2.05) is 30.4 Å². The molecule has 0 bridgehead atoms. The Labute approximate surface area is 186 Å². The molecule has 0 atom stereocenters. The SMILES string of the molecule is COc1ccc(/C=C\c2cc(OC)c(OC)c(OC)c2)cc1OCC(=O)O.[Na]. The topological polar surface area (TPSA) is 83.5 Å². The number of carboxylic acids is 1. The van der Waals surface area contributed by atoms with Crippen molar-refractivity contribution in [3.05, 3.63) is 41.5 Å². The quantitative estimate of drug-likeness (QED) is 0.514. The van der Waals surface area contributed by atoms with E-state index in [1.165, 1.54) is 7.11 Å². The summed E-state index contributed by atoms with van der Waals surface area (Å²) in [6.45, 7) is -0.448. The third-order valence-electron chi connectivity index (χ3n) is 3.69. The average Bonchev–Trinajstić information content (AvgIpc) is 2.69. The van der Waals surface area contributed by atoms with Crippen LogP contribution in [-0.2, 0) is 4.79 Å². The maximum atomic E-state index is 10.7. The Morgan fingerprint density at radius 2 is 1.36 bits per heavy atom. The molecule has 0 amide bonds. The number of hydrogen-bond donors (Lipinski definition) is 1. The van der Waals surface area contributed by atoms with Crippen LogP contribution in [0.5, 0.6) is 28.7 Å². The summed E-state index contributed by atoms with van der Waals surface area (Å²) in [5.41, 5.74) is 1.65. The standard InChI is InChI=1S/C20H22O7.Na/c1-23-15-8-7-13(9-16(15)27-12-19(21)22)5-6-14-10-17(24-2)20(26-4)18(11-14)25-3;/h5-11H,12H2,1-4H3,(H,21,22);/b6-5-;. The summed E-state index contributed by atoms with van der Waals surface area (Å²) in [5, 5.41) is 8.79. The van der Waals surface area contributed by atoms with Gasteiger partial charge >= 0.3 is 5.97 Å². The van der Waals surface area contributed by atoms with Gasteiger partial charge in [-0.15, -0.1) is 0 Å². The normalized spacial score (nSPS) is 10.1. The van der Waals surface area contributed by atoms with Crippen molar-refractivity contribution >= 4 is 47.7 Å². The molecule has 0 saturated carbocycles. The Hall–Kier alpha value is -2.35. The molecule has 145 valence electrons. The number of hydrogen-bond acceptors (Lipinski definition) is 6. The van der Waals surface area contributed by atoms with Crippen LogP contribution in [0.3, 0.4) is 0 Å². The third kappa shape index (κ3) is 6.09. The van der Waals surface area contributed by atoms with Crippen LogP contribution in [0.15, 0.2) is 30.3 Å². The first-order chi connectivity index (χ1) is 13.0. The summed E-state index contributed by atoms with van der Waals surface area (Å²) < 4.78 is 26.5. The second kappa shape index (κ2) is 11.5. The van der Waals surface area contributed by atoms with E-state index in [1.54, 1.807) is 33.5 Å². The van der Waals surface area contributed by atoms with E-state index in [4.69, 9.17) is 28.8 Å². The van der Waals surface area contributed by atoms with E-state index in [-0.39, 0.29) is 29.6 Å². The molecule has 0 saturated heterocycles. The first-order valence-electron chi connectivity index (χ1n) is 8.03. The van der Waals surface area contributed by atoms with Crippen molar-refractivity contribution in [2.24, 2.45) is 0 Å².